The Hall–Kier alpha value is -2.62. The first kappa shape index (κ1) is 16.7. The Bertz CT molecular complexity index is 691. The second-order valence-electron chi connectivity index (χ2n) is 5.84. The molecule has 0 unspecified atom stereocenters. The quantitative estimate of drug-likeness (QED) is 0.922. The highest BCUT2D eigenvalue weighted by Crippen LogP contribution is 2.08. The Labute approximate surface area is 137 Å². The number of aryl methyl sites for hydroxylation is 1. The zero-order valence-electron chi connectivity index (χ0n) is 13.8. The fourth-order valence-electron chi connectivity index (χ4n) is 2.23. The number of carbonyl (C=O) groups excluding carboxylic acids is 2. The van der Waals surface area contributed by atoms with Crippen molar-refractivity contribution in [2.75, 3.05) is 14.1 Å². The maximum atomic E-state index is 12.0. The average Bonchev–Trinajstić information content (AvgIpc) is 2.54. The van der Waals surface area contributed by atoms with Crippen molar-refractivity contribution in [3.05, 3.63) is 70.8 Å². The van der Waals surface area contributed by atoms with Crippen LogP contribution in [0.2, 0.25) is 0 Å². The van der Waals surface area contributed by atoms with Gasteiger partial charge in [-0.3, -0.25) is 9.59 Å². The van der Waals surface area contributed by atoms with Gasteiger partial charge in [0.15, 0.2) is 0 Å². The fraction of sp³-hybridized carbons (Fsp3) is 0.263. The topological polar surface area (TPSA) is 49.4 Å². The Balaban J connectivity index is 1.92. The van der Waals surface area contributed by atoms with E-state index in [-0.39, 0.29) is 11.8 Å². The number of hydrogen-bond acceptors (Lipinski definition) is 2. The zero-order chi connectivity index (χ0) is 16.8. The summed E-state index contributed by atoms with van der Waals surface area (Å²) in [5.74, 6) is -0.0731. The van der Waals surface area contributed by atoms with Crippen LogP contribution in [0.3, 0.4) is 0 Å². The minimum Gasteiger partial charge on any atom is -0.352 e. The molecule has 4 nitrogen and oxygen atoms in total. The molecule has 1 N–H and O–H groups in total. The molecule has 0 saturated carbocycles. The lowest BCUT2D eigenvalue weighted by Gasteiger charge is -2.11. The van der Waals surface area contributed by atoms with Crippen molar-refractivity contribution in [1.82, 2.24) is 10.2 Å². The zero-order valence-corrected chi connectivity index (χ0v) is 13.8. The van der Waals surface area contributed by atoms with Crippen LogP contribution in [0.25, 0.3) is 0 Å². The molecule has 2 amide bonds. The first-order valence-electron chi connectivity index (χ1n) is 7.58. The van der Waals surface area contributed by atoms with Gasteiger partial charge in [-0.2, -0.15) is 0 Å². The first-order valence-corrected chi connectivity index (χ1v) is 7.58. The normalized spacial score (nSPS) is 10.2. The van der Waals surface area contributed by atoms with Gasteiger partial charge < -0.3 is 10.2 Å². The summed E-state index contributed by atoms with van der Waals surface area (Å²) in [5, 5.41) is 2.89. The van der Waals surface area contributed by atoms with E-state index in [0.717, 1.165) is 11.1 Å². The largest absolute Gasteiger partial charge is 0.352 e. The summed E-state index contributed by atoms with van der Waals surface area (Å²) in [6.45, 7) is 2.44. The number of hydrogen-bond donors (Lipinski definition) is 1. The summed E-state index contributed by atoms with van der Waals surface area (Å²) in [5.41, 5.74) is 3.71. The molecule has 0 aromatic heterocycles. The first-order chi connectivity index (χ1) is 11.0. The maximum absolute atomic E-state index is 12.0. The third-order valence-electron chi connectivity index (χ3n) is 3.56. The lowest BCUT2D eigenvalue weighted by molar-refractivity contribution is -0.120. The Morgan fingerprint density at radius 2 is 1.70 bits per heavy atom. The molecule has 120 valence electrons. The smallest absolute Gasteiger partial charge is 0.253 e. The lowest BCUT2D eigenvalue weighted by Crippen LogP contribution is -2.25. The highest BCUT2D eigenvalue weighted by atomic mass is 16.2. The third kappa shape index (κ3) is 4.95. The van der Waals surface area contributed by atoms with Crippen LogP contribution in [-0.2, 0) is 17.8 Å². The molecular formula is C19H22N2O2. The second kappa shape index (κ2) is 7.58. The second-order valence-corrected chi connectivity index (χ2v) is 5.84. The van der Waals surface area contributed by atoms with E-state index in [1.165, 1.54) is 10.5 Å². The molecule has 0 radical (unpaired) electrons. The number of nitrogens with one attached hydrogen (secondary N) is 1. The SMILES string of the molecule is Cc1ccc(CC(=O)NCc2cccc(C(=O)N(C)C)c2)cc1. The molecular weight excluding hydrogens is 288 g/mol. The maximum Gasteiger partial charge on any atom is 0.253 e. The lowest BCUT2D eigenvalue weighted by atomic mass is 10.1. The monoisotopic (exact) mass is 310 g/mol. The van der Waals surface area contributed by atoms with Crippen molar-refractivity contribution in [1.29, 1.82) is 0 Å². The molecule has 0 aliphatic carbocycles. The number of amides is 2. The molecule has 0 fully saturated rings. The third-order valence-corrected chi connectivity index (χ3v) is 3.56. The van der Waals surface area contributed by atoms with E-state index in [1.807, 2.05) is 49.4 Å². The highest BCUT2D eigenvalue weighted by Gasteiger charge is 2.09. The minimum absolute atomic E-state index is 0.0295. The van der Waals surface area contributed by atoms with Gasteiger partial charge >= 0.3 is 0 Å². The van der Waals surface area contributed by atoms with Gasteiger partial charge in [-0.05, 0) is 30.2 Å². The Kier molecular flexibility index (Phi) is 5.52. The molecule has 2 aromatic carbocycles. The van der Waals surface area contributed by atoms with E-state index < -0.39 is 0 Å². The molecule has 0 atom stereocenters. The Morgan fingerprint density at radius 1 is 1.00 bits per heavy atom. The van der Waals surface area contributed by atoms with Gasteiger partial charge in [0.25, 0.3) is 5.91 Å². The summed E-state index contributed by atoms with van der Waals surface area (Å²) < 4.78 is 0. The van der Waals surface area contributed by atoms with Gasteiger partial charge in [0, 0.05) is 26.2 Å². The predicted molar refractivity (Wildman–Crippen MR) is 91.2 cm³/mol. The highest BCUT2D eigenvalue weighted by molar-refractivity contribution is 5.94. The van der Waals surface area contributed by atoms with Gasteiger partial charge in [0.1, 0.15) is 0 Å². The van der Waals surface area contributed by atoms with E-state index in [4.69, 9.17) is 0 Å². The summed E-state index contributed by atoms with van der Waals surface area (Å²) in [4.78, 5) is 25.5. The van der Waals surface area contributed by atoms with Crippen LogP contribution in [0, 0.1) is 6.92 Å². The molecule has 0 bridgehead atoms. The standard InChI is InChI=1S/C19H22N2O2/c1-14-7-9-15(10-8-14)12-18(22)20-13-16-5-4-6-17(11-16)19(23)21(2)3/h4-11H,12-13H2,1-3H3,(H,20,22). The van der Waals surface area contributed by atoms with Crippen LogP contribution in [0.15, 0.2) is 48.5 Å². The van der Waals surface area contributed by atoms with Crippen LogP contribution >= 0.6 is 0 Å². The van der Waals surface area contributed by atoms with Crippen molar-refractivity contribution in [2.24, 2.45) is 0 Å². The molecule has 4 heteroatoms. The fourth-order valence-corrected chi connectivity index (χ4v) is 2.23. The molecule has 23 heavy (non-hydrogen) atoms. The summed E-state index contributed by atoms with van der Waals surface area (Å²) in [7, 11) is 3.44. The van der Waals surface area contributed by atoms with Crippen LogP contribution < -0.4 is 5.32 Å². The summed E-state index contributed by atoms with van der Waals surface area (Å²) in [6, 6.07) is 15.2. The van der Waals surface area contributed by atoms with Crippen molar-refractivity contribution in [2.45, 2.75) is 19.9 Å². The van der Waals surface area contributed by atoms with Crippen molar-refractivity contribution in [3.8, 4) is 0 Å². The molecule has 2 aromatic rings. The van der Waals surface area contributed by atoms with Gasteiger partial charge in [0.2, 0.25) is 5.91 Å². The van der Waals surface area contributed by atoms with E-state index >= 15 is 0 Å². The molecule has 0 spiro atoms. The van der Waals surface area contributed by atoms with E-state index in [9.17, 15) is 9.59 Å². The number of benzene rings is 2. The van der Waals surface area contributed by atoms with Crippen LogP contribution in [-0.4, -0.2) is 30.8 Å². The molecule has 0 aliphatic heterocycles. The van der Waals surface area contributed by atoms with Gasteiger partial charge in [-0.15, -0.1) is 0 Å². The Morgan fingerprint density at radius 3 is 2.35 bits per heavy atom. The number of rotatable bonds is 5. The van der Waals surface area contributed by atoms with Gasteiger partial charge in [0.05, 0.1) is 6.42 Å². The van der Waals surface area contributed by atoms with Crippen LogP contribution in [0.4, 0.5) is 0 Å². The number of nitrogens with zero attached hydrogens (tertiary/aromatic N) is 1. The van der Waals surface area contributed by atoms with E-state index in [2.05, 4.69) is 5.32 Å². The van der Waals surface area contributed by atoms with E-state index in [0.29, 0.717) is 18.5 Å². The van der Waals surface area contributed by atoms with E-state index in [1.54, 1.807) is 20.2 Å². The molecule has 0 aliphatic rings. The van der Waals surface area contributed by atoms with Crippen LogP contribution in [0.5, 0.6) is 0 Å². The number of carbonyl (C=O) groups is 2. The van der Waals surface area contributed by atoms with Gasteiger partial charge in [-0.25, -0.2) is 0 Å². The molecule has 0 heterocycles. The molecule has 2 rings (SSSR count). The van der Waals surface area contributed by atoms with Crippen molar-refractivity contribution in [3.63, 3.8) is 0 Å². The summed E-state index contributed by atoms with van der Waals surface area (Å²) >= 11 is 0. The van der Waals surface area contributed by atoms with Crippen LogP contribution in [0.1, 0.15) is 27.0 Å². The minimum atomic E-state index is -0.0437. The van der Waals surface area contributed by atoms with Gasteiger partial charge in [-0.1, -0.05) is 42.0 Å². The summed E-state index contributed by atoms with van der Waals surface area (Å²) in [6.07, 6.45) is 0.358. The predicted octanol–water partition coefficient (Wildman–Crippen LogP) is 2.56. The molecule has 0 saturated heterocycles. The average molecular weight is 310 g/mol. The van der Waals surface area contributed by atoms with Crippen molar-refractivity contribution < 1.29 is 9.59 Å². The van der Waals surface area contributed by atoms with Crippen molar-refractivity contribution >= 4 is 11.8 Å².